The molecule has 0 aromatic carbocycles. The third kappa shape index (κ3) is 2.31. The molecular formula is C10H11NO. The number of nitrogens with zero attached hydrogens (tertiary/aromatic N) is 1. The molecule has 1 aromatic rings. The molecule has 0 spiro atoms. The van der Waals surface area contributed by atoms with Gasteiger partial charge in [-0.3, -0.25) is 9.78 Å². The Morgan fingerprint density at radius 2 is 2.17 bits per heavy atom. The first-order chi connectivity index (χ1) is 5.72. The molecule has 12 heavy (non-hydrogen) atoms. The molecule has 0 aliphatic carbocycles. The van der Waals surface area contributed by atoms with Gasteiger partial charge in [0.15, 0.2) is 6.29 Å². The van der Waals surface area contributed by atoms with Crippen LogP contribution in [0.25, 0.3) is 6.08 Å². The predicted octanol–water partition coefficient (Wildman–Crippen LogP) is 2.32. The summed E-state index contributed by atoms with van der Waals surface area (Å²) < 4.78 is 0. The van der Waals surface area contributed by atoms with Crippen molar-refractivity contribution in [3.8, 4) is 0 Å². The highest BCUT2D eigenvalue weighted by molar-refractivity contribution is 5.74. The highest BCUT2D eigenvalue weighted by atomic mass is 16.1. The lowest BCUT2D eigenvalue weighted by Crippen LogP contribution is -1.84. The fraction of sp³-hybridized carbons (Fsp3) is 0.200. The third-order valence-electron chi connectivity index (χ3n) is 1.38. The van der Waals surface area contributed by atoms with E-state index in [4.69, 9.17) is 0 Å². The minimum absolute atomic E-state index is 0.612. The van der Waals surface area contributed by atoms with Crippen LogP contribution in [0.1, 0.15) is 29.9 Å². The van der Waals surface area contributed by atoms with Gasteiger partial charge in [-0.05, 0) is 32.1 Å². The second-order valence-corrected chi connectivity index (χ2v) is 2.86. The Hall–Kier alpha value is -1.44. The summed E-state index contributed by atoms with van der Waals surface area (Å²) in [6.07, 6.45) is 4.33. The van der Waals surface area contributed by atoms with Crippen LogP contribution in [0.3, 0.4) is 0 Å². The van der Waals surface area contributed by atoms with Crippen LogP contribution < -0.4 is 0 Å². The largest absolute Gasteiger partial charge is 0.298 e. The van der Waals surface area contributed by atoms with Crippen LogP contribution in [-0.2, 0) is 0 Å². The molecule has 2 nitrogen and oxygen atoms in total. The zero-order chi connectivity index (χ0) is 8.97. The molecule has 1 heterocycles. The second-order valence-electron chi connectivity index (χ2n) is 2.86. The van der Waals surface area contributed by atoms with Gasteiger partial charge in [-0.25, -0.2) is 0 Å². The van der Waals surface area contributed by atoms with Gasteiger partial charge in [-0.15, -0.1) is 0 Å². The Balaban J connectivity index is 2.92. The number of aldehydes is 1. The smallest absolute Gasteiger partial charge is 0.151 e. The van der Waals surface area contributed by atoms with E-state index in [1.165, 1.54) is 5.57 Å². The maximum absolute atomic E-state index is 10.3. The topological polar surface area (TPSA) is 30.0 Å². The minimum atomic E-state index is 0.612. The van der Waals surface area contributed by atoms with E-state index in [9.17, 15) is 4.79 Å². The van der Waals surface area contributed by atoms with Crippen molar-refractivity contribution in [1.82, 2.24) is 4.98 Å². The lowest BCUT2D eigenvalue weighted by Gasteiger charge is -1.93. The van der Waals surface area contributed by atoms with Crippen LogP contribution in [0.2, 0.25) is 0 Å². The number of carbonyl (C=O) groups excluding carboxylic acids is 1. The SMILES string of the molecule is CC(C)=Cc1ccc(C=O)cn1. The molecule has 0 aliphatic heterocycles. The maximum Gasteiger partial charge on any atom is 0.151 e. The van der Waals surface area contributed by atoms with Crippen molar-refractivity contribution >= 4 is 12.4 Å². The van der Waals surface area contributed by atoms with Gasteiger partial charge < -0.3 is 0 Å². The lowest BCUT2D eigenvalue weighted by atomic mass is 10.2. The molecule has 0 amide bonds. The molecule has 0 radical (unpaired) electrons. The van der Waals surface area contributed by atoms with Crippen LogP contribution in [0, 0.1) is 0 Å². The van der Waals surface area contributed by atoms with E-state index in [0.29, 0.717) is 5.56 Å². The Bertz CT molecular complexity index is 294. The molecule has 1 rings (SSSR count). The number of hydrogen-bond acceptors (Lipinski definition) is 2. The van der Waals surface area contributed by atoms with E-state index in [0.717, 1.165) is 12.0 Å². The summed E-state index contributed by atoms with van der Waals surface area (Å²) >= 11 is 0. The first-order valence-electron chi connectivity index (χ1n) is 3.78. The van der Waals surface area contributed by atoms with Gasteiger partial charge in [0.05, 0.1) is 5.69 Å². The van der Waals surface area contributed by atoms with Gasteiger partial charge in [-0.2, -0.15) is 0 Å². The molecule has 0 atom stereocenters. The molecule has 0 saturated heterocycles. The van der Waals surface area contributed by atoms with Crippen LogP contribution in [0.4, 0.5) is 0 Å². The first kappa shape index (κ1) is 8.65. The Morgan fingerprint density at radius 1 is 1.42 bits per heavy atom. The molecule has 0 fully saturated rings. The van der Waals surface area contributed by atoms with Crippen molar-refractivity contribution in [3.63, 3.8) is 0 Å². The first-order valence-corrected chi connectivity index (χ1v) is 3.78. The number of allylic oxidation sites excluding steroid dienone is 1. The zero-order valence-corrected chi connectivity index (χ0v) is 7.24. The van der Waals surface area contributed by atoms with Crippen LogP contribution in [-0.4, -0.2) is 11.3 Å². The molecular weight excluding hydrogens is 150 g/mol. The summed E-state index contributed by atoms with van der Waals surface area (Å²) in [6.45, 7) is 4.02. The average molecular weight is 161 g/mol. The summed E-state index contributed by atoms with van der Waals surface area (Å²) in [4.78, 5) is 14.4. The monoisotopic (exact) mass is 161 g/mol. The molecule has 0 bridgehead atoms. The summed E-state index contributed by atoms with van der Waals surface area (Å²) in [5, 5.41) is 0. The van der Waals surface area contributed by atoms with Crippen LogP contribution in [0.15, 0.2) is 23.9 Å². The molecule has 2 heteroatoms. The van der Waals surface area contributed by atoms with Gasteiger partial charge in [0.1, 0.15) is 0 Å². The summed E-state index contributed by atoms with van der Waals surface area (Å²) in [7, 11) is 0. The van der Waals surface area contributed by atoms with E-state index >= 15 is 0 Å². The molecule has 0 aliphatic rings. The number of hydrogen-bond donors (Lipinski definition) is 0. The minimum Gasteiger partial charge on any atom is -0.298 e. The van der Waals surface area contributed by atoms with E-state index in [1.807, 2.05) is 26.0 Å². The average Bonchev–Trinajstić information content (AvgIpc) is 2.05. The van der Waals surface area contributed by atoms with E-state index in [1.54, 1.807) is 12.3 Å². The highest BCUT2D eigenvalue weighted by Crippen LogP contribution is 2.03. The normalized spacial score (nSPS) is 9.17. The molecule has 0 unspecified atom stereocenters. The van der Waals surface area contributed by atoms with Gasteiger partial charge in [0.25, 0.3) is 0 Å². The van der Waals surface area contributed by atoms with Crippen molar-refractivity contribution < 1.29 is 4.79 Å². The van der Waals surface area contributed by atoms with E-state index in [2.05, 4.69) is 4.98 Å². The fourth-order valence-electron chi connectivity index (χ4n) is 0.868. The van der Waals surface area contributed by atoms with Gasteiger partial charge in [-0.1, -0.05) is 5.57 Å². The predicted molar refractivity (Wildman–Crippen MR) is 48.9 cm³/mol. The molecule has 0 N–H and O–H groups in total. The van der Waals surface area contributed by atoms with Crippen LogP contribution >= 0.6 is 0 Å². The standard InChI is InChI=1S/C10H11NO/c1-8(2)5-10-4-3-9(7-12)6-11-10/h3-7H,1-2H3. The number of pyridine rings is 1. The molecule has 62 valence electrons. The van der Waals surface area contributed by atoms with E-state index in [-0.39, 0.29) is 0 Å². The van der Waals surface area contributed by atoms with Crippen LogP contribution in [0.5, 0.6) is 0 Å². The zero-order valence-electron chi connectivity index (χ0n) is 7.24. The maximum atomic E-state index is 10.3. The van der Waals surface area contributed by atoms with Gasteiger partial charge >= 0.3 is 0 Å². The van der Waals surface area contributed by atoms with Gasteiger partial charge in [0, 0.05) is 11.8 Å². The Labute approximate surface area is 71.9 Å². The van der Waals surface area contributed by atoms with Gasteiger partial charge in [0.2, 0.25) is 0 Å². The summed E-state index contributed by atoms with van der Waals surface area (Å²) in [6, 6.07) is 3.59. The molecule has 1 aromatic heterocycles. The summed E-state index contributed by atoms with van der Waals surface area (Å²) in [5.74, 6) is 0. The second kappa shape index (κ2) is 3.81. The number of carbonyl (C=O) groups is 1. The lowest BCUT2D eigenvalue weighted by molar-refractivity contribution is 0.112. The van der Waals surface area contributed by atoms with Crippen molar-refractivity contribution in [2.75, 3.05) is 0 Å². The van der Waals surface area contributed by atoms with Crippen molar-refractivity contribution in [2.45, 2.75) is 13.8 Å². The van der Waals surface area contributed by atoms with E-state index < -0.39 is 0 Å². The quantitative estimate of drug-likeness (QED) is 0.623. The van der Waals surface area contributed by atoms with Crippen molar-refractivity contribution in [1.29, 1.82) is 0 Å². The van der Waals surface area contributed by atoms with Crippen molar-refractivity contribution in [2.24, 2.45) is 0 Å². The number of aromatic nitrogens is 1. The molecule has 0 saturated carbocycles. The van der Waals surface area contributed by atoms with Crippen molar-refractivity contribution in [3.05, 3.63) is 35.2 Å². The Morgan fingerprint density at radius 3 is 2.58 bits per heavy atom. The highest BCUT2D eigenvalue weighted by Gasteiger charge is 1.90. The fourth-order valence-corrected chi connectivity index (χ4v) is 0.868. The Kier molecular flexibility index (Phi) is 2.75. The third-order valence-corrected chi connectivity index (χ3v) is 1.38. The number of rotatable bonds is 2. The summed E-state index contributed by atoms with van der Waals surface area (Å²) in [5.41, 5.74) is 2.70.